The summed E-state index contributed by atoms with van der Waals surface area (Å²) in [5.41, 5.74) is 4.86. The van der Waals surface area contributed by atoms with Crippen molar-refractivity contribution in [1.82, 2.24) is 19.7 Å². The van der Waals surface area contributed by atoms with E-state index in [0.29, 0.717) is 29.7 Å². The maximum Gasteiger partial charge on any atom is 0.321 e. The number of aryl methyl sites for hydroxylation is 1. The van der Waals surface area contributed by atoms with Crippen molar-refractivity contribution in [3.63, 3.8) is 0 Å². The van der Waals surface area contributed by atoms with Crippen molar-refractivity contribution in [1.29, 1.82) is 0 Å². The highest BCUT2D eigenvalue weighted by molar-refractivity contribution is 6.15. The van der Waals surface area contributed by atoms with Crippen molar-refractivity contribution >= 4 is 29.1 Å². The molecular weight excluding hydrogens is 472 g/mol. The first-order valence-electron chi connectivity index (χ1n) is 11.5. The van der Waals surface area contributed by atoms with E-state index in [0.717, 1.165) is 22.4 Å². The molecule has 0 unspecified atom stereocenters. The molecule has 1 aliphatic rings. The molecule has 1 N–H and O–H groups in total. The zero-order chi connectivity index (χ0) is 26.1. The number of anilines is 2. The molecule has 5 rings (SSSR count). The third kappa shape index (κ3) is 4.61. The second-order valence-electron chi connectivity index (χ2n) is 8.73. The number of nitro groups is 1. The summed E-state index contributed by atoms with van der Waals surface area (Å²) in [6, 6.07) is 21.5. The Balaban J connectivity index is 1.58. The number of carbonyl (C=O) groups is 1. The summed E-state index contributed by atoms with van der Waals surface area (Å²) in [7, 11) is 3.36. The second kappa shape index (κ2) is 9.53. The van der Waals surface area contributed by atoms with Crippen LogP contribution in [0.1, 0.15) is 22.5 Å². The molecule has 4 aromatic rings. The summed E-state index contributed by atoms with van der Waals surface area (Å²) >= 11 is 0. The lowest BCUT2D eigenvalue weighted by Crippen LogP contribution is -2.27. The lowest BCUT2D eigenvalue weighted by atomic mass is 10.0. The molecular formula is C26H24N8O3. The summed E-state index contributed by atoms with van der Waals surface area (Å²) in [5, 5.41) is 29.4. The van der Waals surface area contributed by atoms with Crippen LogP contribution in [0.25, 0.3) is 5.69 Å². The van der Waals surface area contributed by atoms with Crippen molar-refractivity contribution in [3.05, 3.63) is 105 Å². The van der Waals surface area contributed by atoms with E-state index in [1.165, 1.54) is 17.0 Å². The van der Waals surface area contributed by atoms with Gasteiger partial charge in [-0.1, -0.05) is 42.5 Å². The quantitative estimate of drug-likeness (QED) is 0.324. The largest absolute Gasteiger partial charge is 0.331 e. The molecule has 0 spiro atoms. The standard InChI is InChI=1S/C26H24N8O3/c1-17-28-29-25-32(16-18-8-14-21(15-9-18)34(36)37)30-24(22-6-4-5-7-23(22)33(17)25)19-10-12-20(13-11-19)27-26(35)31(2)3/h4-15H,16H2,1-3H3,(H,27,35). The van der Waals surface area contributed by atoms with Crippen LogP contribution in [0.2, 0.25) is 0 Å². The van der Waals surface area contributed by atoms with Crippen molar-refractivity contribution in [2.75, 3.05) is 24.4 Å². The van der Waals surface area contributed by atoms with Gasteiger partial charge in [-0.2, -0.15) is 5.10 Å². The van der Waals surface area contributed by atoms with Gasteiger partial charge in [0.25, 0.3) is 11.6 Å². The molecule has 0 fully saturated rings. The molecule has 1 aromatic heterocycles. The Labute approximate surface area is 212 Å². The topological polar surface area (TPSA) is 122 Å². The number of non-ortho nitro benzene ring substituents is 1. The number of amides is 2. The molecule has 3 aromatic carbocycles. The van der Waals surface area contributed by atoms with Crippen LogP contribution in [0.5, 0.6) is 0 Å². The molecule has 0 saturated carbocycles. The van der Waals surface area contributed by atoms with Gasteiger partial charge in [0, 0.05) is 43.0 Å². The number of hydrogen-bond acceptors (Lipinski definition) is 7. The molecule has 0 radical (unpaired) electrons. The molecule has 2 amide bonds. The van der Waals surface area contributed by atoms with Gasteiger partial charge >= 0.3 is 6.03 Å². The highest BCUT2D eigenvalue weighted by Gasteiger charge is 2.26. The van der Waals surface area contributed by atoms with Gasteiger partial charge in [0.1, 0.15) is 11.5 Å². The Kier molecular flexibility index (Phi) is 6.10. The Morgan fingerprint density at radius 3 is 2.38 bits per heavy atom. The second-order valence-corrected chi connectivity index (χ2v) is 8.73. The molecule has 37 heavy (non-hydrogen) atoms. The summed E-state index contributed by atoms with van der Waals surface area (Å²) in [4.78, 5) is 24.2. The number of hydrogen-bond donors (Lipinski definition) is 1. The van der Waals surface area contributed by atoms with E-state index >= 15 is 0 Å². The average molecular weight is 497 g/mol. The van der Waals surface area contributed by atoms with Crippen LogP contribution in [-0.4, -0.2) is 50.4 Å². The number of nitro benzene ring substituents is 1. The van der Waals surface area contributed by atoms with E-state index in [-0.39, 0.29) is 11.7 Å². The number of nitrogens with zero attached hydrogens (tertiary/aromatic N) is 7. The SMILES string of the molecule is Cc1nnc2n1-c1ccccc1C(c1ccc(NC(=O)N(C)C)cc1)=NN2Cc1ccc([N+](=O)[O-])cc1. The number of aromatic nitrogens is 3. The zero-order valence-electron chi connectivity index (χ0n) is 20.5. The molecule has 11 heteroatoms. The number of para-hydroxylation sites is 1. The number of carbonyl (C=O) groups excluding carboxylic acids is 1. The Morgan fingerprint density at radius 1 is 1.00 bits per heavy atom. The van der Waals surface area contributed by atoms with Gasteiger partial charge in [-0.25, -0.2) is 9.80 Å². The number of rotatable bonds is 5. The van der Waals surface area contributed by atoms with Crippen molar-refractivity contribution < 1.29 is 9.72 Å². The minimum atomic E-state index is -0.423. The van der Waals surface area contributed by atoms with Crippen molar-refractivity contribution in [2.24, 2.45) is 5.10 Å². The normalized spacial score (nSPS) is 12.2. The lowest BCUT2D eigenvalue weighted by Gasteiger charge is -2.18. The molecule has 1 aliphatic heterocycles. The first-order valence-corrected chi connectivity index (χ1v) is 11.5. The predicted octanol–water partition coefficient (Wildman–Crippen LogP) is 4.35. The summed E-state index contributed by atoms with van der Waals surface area (Å²) in [6.45, 7) is 2.20. The van der Waals surface area contributed by atoms with Crippen LogP contribution in [-0.2, 0) is 6.54 Å². The maximum atomic E-state index is 12.0. The number of fused-ring (bicyclic) bond motifs is 3. The predicted molar refractivity (Wildman–Crippen MR) is 140 cm³/mol. The fourth-order valence-corrected chi connectivity index (χ4v) is 4.05. The zero-order valence-corrected chi connectivity index (χ0v) is 20.5. The Morgan fingerprint density at radius 2 is 1.70 bits per heavy atom. The van der Waals surface area contributed by atoms with Gasteiger partial charge in [-0.3, -0.25) is 14.7 Å². The summed E-state index contributed by atoms with van der Waals surface area (Å²) in [5.74, 6) is 1.24. The summed E-state index contributed by atoms with van der Waals surface area (Å²) in [6.07, 6.45) is 0. The van der Waals surface area contributed by atoms with Gasteiger partial charge in [0.05, 0.1) is 17.2 Å². The van der Waals surface area contributed by atoms with Crippen LogP contribution in [0.4, 0.5) is 22.1 Å². The minimum absolute atomic E-state index is 0.0247. The highest BCUT2D eigenvalue weighted by Crippen LogP contribution is 2.31. The van der Waals surface area contributed by atoms with Crippen LogP contribution >= 0.6 is 0 Å². The smallest absolute Gasteiger partial charge is 0.321 e. The monoisotopic (exact) mass is 496 g/mol. The first-order chi connectivity index (χ1) is 17.8. The Bertz CT molecular complexity index is 1510. The van der Waals surface area contributed by atoms with E-state index in [9.17, 15) is 14.9 Å². The fourth-order valence-electron chi connectivity index (χ4n) is 4.05. The van der Waals surface area contributed by atoms with E-state index < -0.39 is 4.92 Å². The van der Waals surface area contributed by atoms with Gasteiger partial charge in [0.2, 0.25) is 0 Å². The minimum Gasteiger partial charge on any atom is -0.331 e. The molecule has 0 atom stereocenters. The van der Waals surface area contributed by atoms with Crippen molar-refractivity contribution in [3.8, 4) is 5.69 Å². The summed E-state index contributed by atoms with van der Waals surface area (Å²) < 4.78 is 1.95. The van der Waals surface area contributed by atoms with E-state index in [4.69, 9.17) is 5.10 Å². The third-order valence-corrected chi connectivity index (χ3v) is 5.95. The Hall–Kier alpha value is -5.06. The number of benzene rings is 3. The van der Waals surface area contributed by atoms with Crippen LogP contribution in [0, 0.1) is 17.0 Å². The van der Waals surface area contributed by atoms with Crippen LogP contribution in [0.15, 0.2) is 77.9 Å². The maximum absolute atomic E-state index is 12.0. The lowest BCUT2D eigenvalue weighted by molar-refractivity contribution is -0.384. The average Bonchev–Trinajstić information content (AvgIpc) is 3.21. The molecule has 0 aliphatic carbocycles. The van der Waals surface area contributed by atoms with Crippen LogP contribution in [0.3, 0.4) is 0 Å². The molecule has 0 bridgehead atoms. The van der Waals surface area contributed by atoms with Gasteiger partial charge in [-0.15, -0.1) is 10.2 Å². The number of urea groups is 1. The fraction of sp³-hybridized carbons (Fsp3) is 0.154. The molecule has 0 saturated heterocycles. The molecule has 11 nitrogen and oxygen atoms in total. The van der Waals surface area contributed by atoms with E-state index in [2.05, 4.69) is 15.5 Å². The van der Waals surface area contributed by atoms with E-state index in [1.807, 2.05) is 60.0 Å². The molecule has 186 valence electrons. The van der Waals surface area contributed by atoms with Crippen molar-refractivity contribution in [2.45, 2.75) is 13.5 Å². The van der Waals surface area contributed by atoms with Gasteiger partial charge < -0.3 is 10.2 Å². The van der Waals surface area contributed by atoms with Gasteiger partial charge in [-0.05, 0) is 30.7 Å². The van der Waals surface area contributed by atoms with E-state index in [1.54, 1.807) is 31.2 Å². The third-order valence-electron chi connectivity index (χ3n) is 5.95. The number of nitrogens with one attached hydrogen (secondary N) is 1. The molecule has 2 heterocycles. The highest BCUT2D eigenvalue weighted by atomic mass is 16.6. The first kappa shape index (κ1) is 23.7. The van der Waals surface area contributed by atoms with Gasteiger partial charge in [0.15, 0.2) is 0 Å². The number of hydrazone groups is 1. The van der Waals surface area contributed by atoms with Crippen LogP contribution < -0.4 is 10.3 Å².